The van der Waals surface area contributed by atoms with Gasteiger partial charge in [0.15, 0.2) is 0 Å². The molecule has 3 heteroatoms. The summed E-state index contributed by atoms with van der Waals surface area (Å²) in [5.74, 6) is 1.25. The van der Waals surface area contributed by atoms with Gasteiger partial charge in [-0.3, -0.25) is 0 Å². The summed E-state index contributed by atoms with van der Waals surface area (Å²) in [5, 5.41) is 19.1. The Morgan fingerprint density at radius 3 is 2.27 bits per heavy atom. The van der Waals surface area contributed by atoms with Crippen LogP contribution >= 0.6 is 0 Å². The van der Waals surface area contributed by atoms with E-state index < -0.39 is 0 Å². The molecule has 1 aliphatic carbocycles. The Morgan fingerprint density at radius 1 is 1.00 bits per heavy atom. The number of aliphatic hydroxyl groups excluding tert-OH is 2. The maximum atomic E-state index is 10.3. The minimum absolute atomic E-state index is 0.0244. The normalized spacial score (nSPS) is 30.3. The number of rotatable bonds is 7. The molecule has 0 bridgehead atoms. The Bertz CT molecular complexity index is 817. The summed E-state index contributed by atoms with van der Waals surface area (Å²) in [6.07, 6.45) is 21.3. The SMILES string of the molecule is CC(C=CC=C(C)C1=CC2C(C)(C)CC(O)CC2(C)O1)=CC=CC=C(C)C=CCO. The van der Waals surface area contributed by atoms with Crippen LogP contribution in [0.25, 0.3) is 0 Å². The monoisotopic (exact) mass is 410 g/mol. The lowest BCUT2D eigenvalue weighted by molar-refractivity contribution is -0.104. The molecule has 0 amide bonds. The van der Waals surface area contributed by atoms with E-state index in [-0.39, 0.29) is 23.7 Å². The Balaban J connectivity index is 2.01. The van der Waals surface area contributed by atoms with E-state index in [1.54, 1.807) is 6.08 Å². The van der Waals surface area contributed by atoms with Crippen LogP contribution in [0.2, 0.25) is 0 Å². The fourth-order valence-electron chi connectivity index (χ4n) is 4.57. The molecular weight excluding hydrogens is 372 g/mol. The highest BCUT2D eigenvalue weighted by molar-refractivity contribution is 5.35. The molecule has 0 aromatic heterocycles. The molecule has 164 valence electrons. The van der Waals surface area contributed by atoms with Crippen LogP contribution in [0.3, 0.4) is 0 Å². The molecule has 0 saturated heterocycles. The van der Waals surface area contributed by atoms with Crippen molar-refractivity contribution in [2.45, 2.75) is 66.1 Å². The molecule has 30 heavy (non-hydrogen) atoms. The Hall–Kier alpha value is -2.10. The van der Waals surface area contributed by atoms with Gasteiger partial charge < -0.3 is 14.9 Å². The van der Waals surface area contributed by atoms with Gasteiger partial charge in [0.1, 0.15) is 11.4 Å². The lowest BCUT2D eigenvalue weighted by atomic mass is 9.61. The zero-order chi connectivity index (χ0) is 22.4. The van der Waals surface area contributed by atoms with Crippen molar-refractivity contribution in [3.63, 3.8) is 0 Å². The van der Waals surface area contributed by atoms with Crippen LogP contribution in [0.4, 0.5) is 0 Å². The van der Waals surface area contributed by atoms with E-state index in [1.165, 1.54) is 0 Å². The van der Waals surface area contributed by atoms with Crippen molar-refractivity contribution in [2.75, 3.05) is 6.61 Å². The van der Waals surface area contributed by atoms with Gasteiger partial charge in [0.05, 0.1) is 12.7 Å². The van der Waals surface area contributed by atoms with Gasteiger partial charge in [-0.15, -0.1) is 0 Å². The van der Waals surface area contributed by atoms with E-state index in [9.17, 15) is 5.11 Å². The van der Waals surface area contributed by atoms with Crippen LogP contribution in [0.1, 0.15) is 54.4 Å². The molecule has 1 heterocycles. The zero-order valence-corrected chi connectivity index (χ0v) is 19.4. The summed E-state index contributed by atoms with van der Waals surface area (Å²) < 4.78 is 6.35. The predicted molar refractivity (Wildman–Crippen MR) is 126 cm³/mol. The van der Waals surface area contributed by atoms with Gasteiger partial charge in [-0.1, -0.05) is 79.7 Å². The first-order chi connectivity index (χ1) is 14.1. The largest absolute Gasteiger partial charge is 0.487 e. The fraction of sp³-hybridized carbons (Fsp3) is 0.481. The Labute approximate surface area is 182 Å². The second kappa shape index (κ2) is 10.3. The standard InChI is InChI=1S/C27H38O3/c1-20(11-7-8-12-21(2)14-10-16-28)13-9-15-22(3)24-17-25-26(4,5)18-23(29)19-27(25,6)30-24/h7-15,17,23,25,28-29H,16,18-19H2,1-6H3. The molecule has 0 aromatic carbocycles. The molecule has 1 aliphatic heterocycles. The van der Waals surface area contributed by atoms with Crippen LogP contribution < -0.4 is 0 Å². The van der Waals surface area contributed by atoms with Gasteiger partial charge in [-0.2, -0.15) is 0 Å². The second-order valence-electron chi connectivity index (χ2n) is 9.47. The summed E-state index contributed by atoms with van der Waals surface area (Å²) in [4.78, 5) is 0. The number of ether oxygens (including phenoxy) is 1. The van der Waals surface area contributed by atoms with E-state index in [0.29, 0.717) is 12.3 Å². The van der Waals surface area contributed by atoms with Crippen LogP contribution in [-0.2, 0) is 4.74 Å². The van der Waals surface area contributed by atoms with Crippen LogP contribution in [0.5, 0.6) is 0 Å². The second-order valence-corrected chi connectivity index (χ2v) is 9.47. The van der Waals surface area contributed by atoms with Crippen molar-refractivity contribution in [3.8, 4) is 0 Å². The van der Waals surface area contributed by atoms with Crippen molar-refractivity contribution >= 4 is 0 Å². The number of hydrogen-bond acceptors (Lipinski definition) is 3. The smallest absolute Gasteiger partial charge is 0.119 e. The van der Waals surface area contributed by atoms with Gasteiger partial charge >= 0.3 is 0 Å². The third kappa shape index (κ3) is 6.45. The molecule has 1 fully saturated rings. The molecule has 0 radical (unpaired) electrons. The van der Waals surface area contributed by atoms with Crippen molar-refractivity contribution in [1.82, 2.24) is 0 Å². The minimum atomic E-state index is -0.325. The summed E-state index contributed by atoms with van der Waals surface area (Å²) in [7, 11) is 0. The maximum Gasteiger partial charge on any atom is 0.119 e. The lowest BCUT2D eigenvalue weighted by Gasteiger charge is -2.47. The molecular formula is C27H38O3. The number of hydrogen-bond donors (Lipinski definition) is 2. The van der Waals surface area contributed by atoms with Crippen LogP contribution in [0.15, 0.2) is 83.2 Å². The first kappa shape index (κ1) is 24.2. The van der Waals surface area contributed by atoms with Crippen molar-refractivity contribution in [1.29, 1.82) is 0 Å². The Kier molecular flexibility index (Phi) is 8.28. The molecule has 1 saturated carbocycles. The molecule has 2 aliphatic rings. The topological polar surface area (TPSA) is 49.7 Å². The van der Waals surface area contributed by atoms with Gasteiger partial charge in [0.2, 0.25) is 0 Å². The lowest BCUT2D eigenvalue weighted by Crippen LogP contribution is -2.49. The molecule has 0 aromatic rings. The molecule has 0 spiro atoms. The van der Waals surface area contributed by atoms with Gasteiger partial charge in [-0.25, -0.2) is 0 Å². The van der Waals surface area contributed by atoms with E-state index in [0.717, 1.165) is 28.9 Å². The fourth-order valence-corrected chi connectivity index (χ4v) is 4.57. The minimum Gasteiger partial charge on any atom is -0.487 e. The number of fused-ring (bicyclic) bond motifs is 1. The highest BCUT2D eigenvalue weighted by Gasteiger charge is 2.53. The first-order valence-electron chi connectivity index (χ1n) is 10.8. The van der Waals surface area contributed by atoms with Crippen LogP contribution in [-0.4, -0.2) is 28.5 Å². The Morgan fingerprint density at radius 2 is 1.63 bits per heavy atom. The highest BCUT2D eigenvalue weighted by atomic mass is 16.5. The van der Waals surface area contributed by atoms with E-state index in [4.69, 9.17) is 9.84 Å². The number of aliphatic hydroxyl groups is 2. The van der Waals surface area contributed by atoms with Crippen molar-refractivity contribution in [3.05, 3.63) is 83.2 Å². The summed E-state index contributed by atoms with van der Waals surface area (Å²) in [6, 6.07) is 0. The van der Waals surface area contributed by atoms with Gasteiger partial charge in [0.25, 0.3) is 0 Å². The molecule has 2 rings (SSSR count). The maximum absolute atomic E-state index is 10.3. The summed E-state index contributed by atoms with van der Waals surface area (Å²) >= 11 is 0. The molecule has 2 N–H and O–H groups in total. The number of allylic oxidation sites excluding steroid dienone is 11. The van der Waals surface area contributed by atoms with Gasteiger partial charge in [-0.05, 0) is 51.2 Å². The van der Waals surface area contributed by atoms with Gasteiger partial charge in [0, 0.05) is 12.3 Å². The highest BCUT2D eigenvalue weighted by Crippen LogP contribution is 2.53. The summed E-state index contributed by atoms with van der Waals surface area (Å²) in [6.45, 7) is 12.8. The van der Waals surface area contributed by atoms with Crippen LogP contribution in [0, 0.1) is 11.3 Å². The van der Waals surface area contributed by atoms with Crippen molar-refractivity contribution in [2.24, 2.45) is 11.3 Å². The predicted octanol–water partition coefficient (Wildman–Crippen LogP) is 5.96. The third-order valence-electron chi connectivity index (χ3n) is 5.97. The third-order valence-corrected chi connectivity index (χ3v) is 5.97. The molecule has 3 unspecified atom stereocenters. The first-order valence-corrected chi connectivity index (χ1v) is 10.8. The average molecular weight is 411 g/mol. The van der Waals surface area contributed by atoms with Crippen molar-refractivity contribution < 1.29 is 14.9 Å². The van der Waals surface area contributed by atoms with E-state index in [1.807, 2.05) is 31.2 Å². The van der Waals surface area contributed by atoms with E-state index >= 15 is 0 Å². The molecule has 3 nitrogen and oxygen atoms in total. The average Bonchev–Trinajstić information content (AvgIpc) is 3.01. The quantitative estimate of drug-likeness (QED) is 0.509. The van der Waals surface area contributed by atoms with E-state index in [2.05, 4.69) is 65.0 Å². The zero-order valence-electron chi connectivity index (χ0n) is 19.4. The summed E-state index contributed by atoms with van der Waals surface area (Å²) in [5.41, 5.74) is 3.04. The molecule has 3 atom stereocenters.